The summed E-state index contributed by atoms with van der Waals surface area (Å²) in [5.41, 5.74) is 0.402. The number of hydrogen-bond donors (Lipinski definition) is 2. The number of carbonyl (C=O) groups excluding carboxylic acids is 1. The van der Waals surface area contributed by atoms with E-state index in [0.29, 0.717) is 17.4 Å². The lowest BCUT2D eigenvalue weighted by Gasteiger charge is -2.08. The lowest BCUT2D eigenvalue weighted by atomic mass is 10.2. The van der Waals surface area contributed by atoms with Crippen LogP contribution in [0.25, 0.3) is 10.9 Å². The molecule has 2 rings (SSSR count). The van der Waals surface area contributed by atoms with E-state index < -0.39 is 0 Å². The first kappa shape index (κ1) is 19.6. The van der Waals surface area contributed by atoms with E-state index >= 15 is 0 Å². The Morgan fingerprint density at radius 1 is 1.30 bits per heavy atom. The van der Waals surface area contributed by atoms with Crippen molar-refractivity contribution < 1.29 is 4.79 Å². The number of nitrogens with zero attached hydrogens (tertiary/aromatic N) is 2. The highest BCUT2D eigenvalue weighted by Gasteiger charge is 2.08. The number of nitrogens with one attached hydrogen (secondary N) is 2. The van der Waals surface area contributed by atoms with Crippen LogP contribution in [0.1, 0.15) is 13.3 Å². The van der Waals surface area contributed by atoms with Gasteiger partial charge in [-0.2, -0.15) is 0 Å². The fraction of sp³-hybridized carbons (Fsp3) is 0.400. The number of benzene rings is 1. The molecule has 0 fully saturated rings. The van der Waals surface area contributed by atoms with E-state index in [1.54, 1.807) is 12.1 Å². The minimum absolute atomic E-state index is 0. The molecular formula is C15H20BrClN4O2. The van der Waals surface area contributed by atoms with Crippen LogP contribution in [0, 0.1) is 0 Å². The van der Waals surface area contributed by atoms with Crippen LogP contribution in [0.5, 0.6) is 0 Å². The Hall–Kier alpha value is -1.44. The maximum Gasteiger partial charge on any atom is 0.261 e. The van der Waals surface area contributed by atoms with Gasteiger partial charge in [0.05, 0.1) is 17.2 Å². The normalized spacial score (nSPS) is 10.3. The first-order chi connectivity index (χ1) is 10.6. The van der Waals surface area contributed by atoms with Gasteiger partial charge in [0.1, 0.15) is 6.54 Å². The Bertz CT molecular complexity index is 720. The van der Waals surface area contributed by atoms with Gasteiger partial charge in [0.25, 0.3) is 5.56 Å². The van der Waals surface area contributed by atoms with E-state index in [0.717, 1.165) is 24.0 Å². The minimum atomic E-state index is -0.217. The summed E-state index contributed by atoms with van der Waals surface area (Å²) in [7, 11) is 0. The van der Waals surface area contributed by atoms with E-state index in [-0.39, 0.29) is 30.4 Å². The maximum atomic E-state index is 12.3. The van der Waals surface area contributed by atoms with E-state index in [2.05, 4.69) is 38.5 Å². The molecule has 2 aromatic rings. The summed E-state index contributed by atoms with van der Waals surface area (Å²) in [6, 6.07) is 5.31. The Morgan fingerprint density at radius 2 is 2.09 bits per heavy atom. The van der Waals surface area contributed by atoms with Gasteiger partial charge < -0.3 is 10.6 Å². The molecule has 23 heavy (non-hydrogen) atoms. The second-order valence-electron chi connectivity index (χ2n) is 4.94. The summed E-state index contributed by atoms with van der Waals surface area (Å²) >= 11 is 3.33. The molecule has 1 aromatic heterocycles. The number of amides is 1. The number of rotatable bonds is 7. The fourth-order valence-electron chi connectivity index (χ4n) is 2.05. The van der Waals surface area contributed by atoms with Crippen molar-refractivity contribution in [3.63, 3.8) is 0 Å². The predicted molar refractivity (Wildman–Crippen MR) is 97.1 cm³/mol. The highest BCUT2D eigenvalue weighted by molar-refractivity contribution is 9.10. The molecule has 6 nitrogen and oxygen atoms in total. The zero-order valence-corrected chi connectivity index (χ0v) is 15.2. The Labute approximate surface area is 149 Å². The number of carbonyl (C=O) groups is 1. The molecule has 0 aliphatic heterocycles. The van der Waals surface area contributed by atoms with Crippen LogP contribution in [-0.4, -0.2) is 35.1 Å². The molecule has 0 bridgehead atoms. The SMILES string of the molecule is CCCNCCNC(=O)Cn1cnc2ccc(Br)cc2c1=O.Cl. The molecule has 2 N–H and O–H groups in total. The van der Waals surface area contributed by atoms with Gasteiger partial charge in [-0.3, -0.25) is 14.2 Å². The number of aromatic nitrogens is 2. The van der Waals surface area contributed by atoms with Gasteiger partial charge in [0.15, 0.2) is 0 Å². The van der Waals surface area contributed by atoms with Crippen molar-refractivity contribution >= 4 is 45.1 Å². The summed E-state index contributed by atoms with van der Waals surface area (Å²) in [4.78, 5) is 28.4. The molecule has 0 radical (unpaired) electrons. The van der Waals surface area contributed by atoms with Crippen molar-refractivity contribution in [1.29, 1.82) is 0 Å². The van der Waals surface area contributed by atoms with Gasteiger partial charge in [0.2, 0.25) is 5.91 Å². The van der Waals surface area contributed by atoms with Crippen LogP contribution < -0.4 is 16.2 Å². The van der Waals surface area contributed by atoms with E-state index in [1.165, 1.54) is 10.9 Å². The van der Waals surface area contributed by atoms with Crippen LogP contribution >= 0.6 is 28.3 Å². The van der Waals surface area contributed by atoms with Gasteiger partial charge in [-0.25, -0.2) is 4.98 Å². The van der Waals surface area contributed by atoms with Crippen molar-refractivity contribution in [3.8, 4) is 0 Å². The van der Waals surface area contributed by atoms with Gasteiger partial charge in [-0.1, -0.05) is 22.9 Å². The third-order valence-corrected chi connectivity index (χ3v) is 3.64. The van der Waals surface area contributed by atoms with Crippen LogP contribution in [0.4, 0.5) is 0 Å². The molecule has 0 spiro atoms. The van der Waals surface area contributed by atoms with E-state index in [1.807, 2.05) is 6.07 Å². The largest absolute Gasteiger partial charge is 0.353 e. The van der Waals surface area contributed by atoms with Gasteiger partial charge in [0, 0.05) is 17.6 Å². The fourth-order valence-corrected chi connectivity index (χ4v) is 2.41. The van der Waals surface area contributed by atoms with E-state index in [4.69, 9.17) is 0 Å². The first-order valence-corrected chi connectivity index (χ1v) is 8.03. The standard InChI is InChI=1S/C15H19BrN4O2.ClH/c1-2-5-17-6-7-18-14(21)9-20-10-19-13-4-3-11(16)8-12(13)15(20)22;/h3-4,8,10,17H,2,5-7,9H2,1H3,(H,18,21);1H. The molecule has 0 atom stereocenters. The molecule has 126 valence electrons. The lowest BCUT2D eigenvalue weighted by molar-refractivity contribution is -0.121. The number of fused-ring (bicyclic) bond motifs is 1. The number of halogens is 2. The predicted octanol–water partition coefficient (Wildman–Crippen LogP) is 1.70. The lowest BCUT2D eigenvalue weighted by Crippen LogP contribution is -2.36. The highest BCUT2D eigenvalue weighted by Crippen LogP contribution is 2.14. The average Bonchev–Trinajstić information content (AvgIpc) is 2.50. The van der Waals surface area contributed by atoms with Crippen molar-refractivity contribution in [2.24, 2.45) is 0 Å². The van der Waals surface area contributed by atoms with Crippen LogP contribution in [0.2, 0.25) is 0 Å². The molecule has 1 aromatic carbocycles. The Balaban J connectivity index is 0.00000264. The molecule has 1 heterocycles. The zero-order chi connectivity index (χ0) is 15.9. The summed E-state index contributed by atoms with van der Waals surface area (Å²) < 4.78 is 2.13. The maximum absolute atomic E-state index is 12.3. The third kappa shape index (κ3) is 5.60. The molecule has 0 saturated carbocycles. The summed E-state index contributed by atoms with van der Waals surface area (Å²) in [5.74, 6) is -0.198. The Kier molecular flexibility index (Phi) is 8.22. The first-order valence-electron chi connectivity index (χ1n) is 7.24. The number of hydrogen-bond acceptors (Lipinski definition) is 4. The molecule has 0 aliphatic rings. The molecule has 0 aliphatic carbocycles. The third-order valence-electron chi connectivity index (χ3n) is 3.15. The summed E-state index contributed by atoms with van der Waals surface area (Å²) in [6.45, 7) is 4.25. The van der Waals surface area contributed by atoms with Crippen molar-refractivity contribution in [3.05, 3.63) is 39.4 Å². The second kappa shape index (κ2) is 9.64. The quantitative estimate of drug-likeness (QED) is 0.690. The molecule has 0 saturated heterocycles. The zero-order valence-electron chi connectivity index (χ0n) is 12.8. The monoisotopic (exact) mass is 402 g/mol. The van der Waals surface area contributed by atoms with Crippen LogP contribution in [0.3, 0.4) is 0 Å². The van der Waals surface area contributed by atoms with Gasteiger partial charge >= 0.3 is 0 Å². The van der Waals surface area contributed by atoms with Crippen molar-refractivity contribution in [2.45, 2.75) is 19.9 Å². The van der Waals surface area contributed by atoms with Gasteiger partial charge in [-0.05, 0) is 31.2 Å². The summed E-state index contributed by atoms with van der Waals surface area (Å²) in [6.07, 6.45) is 2.47. The van der Waals surface area contributed by atoms with Crippen molar-refractivity contribution in [2.75, 3.05) is 19.6 Å². The van der Waals surface area contributed by atoms with Crippen LogP contribution in [0.15, 0.2) is 33.8 Å². The molecular weight excluding hydrogens is 384 g/mol. The Morgan fingerprint density at radius 3 is 2.83 bits per heavy atom. The summed E-state index contributed by atoms with van der Waals surface area (Å²) in [5, 5.41) is 6.47. The second-order valence-corrected chi connectivity index (χ2v) is 5.85. The van der Waals surface area contributed by atoms with Crippen molar-refractivity contribution in [1.82, 2.24) is 20.2 Å². The minimum Gasteiger partial charge on any atom is -0.353 e. The van der Waals surface area contributed by atoms with E-state index in [9.17, 15) is 9.59 Å². The molecule has 8 heteroatoms. The average molecular weight is 404 g/mol. The van der Waals surface area contributed by atoms with Gasteiger partial charge in [-0.15, -0.1) is 12.4 Å². The van der Waals surface area contributed by atoms with Crippen LogP contribution in [-0.2, 0) is 11.3 Å². The highest BCUT2D eigenvalue weighted by atomic mass is 79.9. The molecule has 1 amide bonds. The topological polar surface area (TPSA) is 76.0 Å². The molecule has 0 unspecified atom stereocenters. The smallest absolute Gasteiger partial charge is 0.261 e.